The van der Waals surface area contributed by atoms with Crippen LogP contribution in [0.1, 0.15) is 33.1 Å². The summed E-state index contributed by atoms with van der Waals surface area (Å²) in [5.74, 6) is 0.200. The molecule has 0 aliphatic heterocycles. The van der Waals surface area contributed by atoms with E-state index in [0.717, 1.165) is 12.8 Å². The summed E-state index contributed by atoms with van der Waals surface area (Å²) in [6, 6.07) is 0.143. The molecule has 0 heterocycles. The predicted octanol–water partition coefficient (Wildman–Crippen LogP) is 0.163. The van der Waals surface area contributed by atoms with Crippen molar-refractivity contribution in [3.8, 4) is 0 Å². The fourth-order valence-electron chi connectivity index (χ4n) is 1.77. The summed E-state index contributed by atoms with van der Waals surface area (Å²) in [7, 11) is -3.11. The SMILES string of the molecule is CCC(CC(N)=NO)NCCCN(CC)S(C)(=O)=O. The first-order chi connectivity index (χ1) is 8.85. The zero-order valence-electron chi connectivity index (χ0n) is 12.0. The molecule has 0 aromatic carbocycles. The lowest BCUT2D eigenvalue weighted by atomic mass is 10.1. The van der Waals surface area contributed by atoms with Crippen LogP contribution in [0.2, 0.25) is 0 Å². The van der Waals surface area contributed by atoms with Gasteiger partial charge in [0.25, 0.3) is 0 Å². The van der Waals surface area contributed by atoms with Gasteiger partial charge >= 0.3 is 0 Å². The maximum Gasteiger partial charge on any atom is 0.211 e. The van der Waals surface area contributed by atoms with Gasteiger partial charge in [-0.05, 0) is 19.4 Å². The number of hydrogen-bond donors (Lipinski definition) is 3. The Morgan fingerprint density at radius 2 is 2.11 bits per heavy atom. The Morgan fingerprint density at radius 3 is 2.53 bits per heavy atom. The largest absolute Gasteiger partial charge is 0.409 e. The summed E-state index contributed by atoms with van der Waals surface area (Å²) in [5.41, 5.74) is 5.45. The van der Waals surface area contributed by atoms with E-state index < -0.39 is 10.0 Å². The number of nitrogens with one attached hydrogen (secondary N) is 1. The molecule has 0 spiro atoms. The number of sulfonamides is 1. The van der Waals surface area contributed by atoms with Gasteiger partial charge in [0.1, 0.15) is 5.84 Å². The molecule has 8 heteroatoms. The molecule has 4 N–H and O–H groups in total. The van der Waals surface area contributed by atoms with Crippen molar-refractivity contribution in [3.05, 3.63) is 0 Å². The zero-order chi connectivity index (χ0) is 14.9. The minimum Gasteiger partial charge on any atom is -0.409 e. The molecule has 114 valence electrons. The number of amidine groups is 1. The molecule has 0 aromatic heterocycles. The Morgan fingerprint density at radius 1 is 1.47 bits per heavy atom. The van der Waals surface area contributed by atoms with Crippen molar-refractivity contribution in [3.63, 3.8) is 0 Å². The molecule has 0 aromatic rings. The maximum absolute atomic E-state index is 11.4. The standard InChI is InChI=1S/C11H26N4O3S/c1-4-10(9-11(12)14-16)13-7-6-8-15(5-2)19(3,17)18/h10,13,16H,4-9H2,1-3H3,(H2,12,14). The second-order valence-electron chi connectivity index (χ2n) is 4.46. The Hall–Kier alpha value is -0.860. The first-order valence-electron chi connectivity index (χ1n) is 6.50. The second kappa shape index (κ2) is 9.11. The molecule has 7 nitrogen and oxygen atoms in total. The van der Waals surface area contributed by atoms with E-state index in [1.54, 1.807) is 0 Å². The molecule has 0 saturated carbocycles. The van der Waals surface area contributed by atoms with Gasteiger partial charge in [-0.15, -0.1) is 0 Å². The highest BCUT2D eigenvalue weighted by Gasteiger charge is 2.14. The number of oxime groups is 1. The van der Waals surface area contributed by atoms with Gasteiger partial charge in [-0.25, -0.2) is 12.7 Å². The van der Waals surface area contributed by atoms with E-state index in [2.05, 4.69) is 10.5 Å². The number of hydrogen-bond acceptors (Lipinski definition) is 5. The molecule has 0 bridgehead atoms. The van der Waals surface area contributed by atoms with E-state index in [0.29, 0.717) is 26.1 Å². The van der Waals surface area contributed by atoms with E-state index in [-0.39, 0.29) is 11.9 Å². The summed E-state index contributed by atoms with van der Waals surface area (Å²) >= 11 is 0. The minimum absolute atomic E-state index is 0.143. The average molecular weight is 294 g/mol. The third-order valence-electron chi connectivity index (χ3n) is 2.92. The molecule has 1 atom stereocenters. The van der Waals surface area contributed by atoms with Crippen LogP contribution >= 0.6 is 0 Å². The smallest absolute Gasteiger partial charge is 0.211 e. The van der Waals surface area contributed by atoms with E-state index in [1.165, 1.54) is 10.6 Å². The number of nitrogens with two attached hydrogens (primary N) is 1. The highest BCUT2D eigenvalue weighted by molar-refractivity contribution is 7.88. The van der Waals surface area contributed by atoms with Gasteiger partial charge in [-0.1, -0.05) is 19.0 Å². The number of nitrogens with zero attached hydrogens (tertiary/aromatic N) is 2. The fraction of sp³-hybridized carbons (Fsp3) is 0.909. The first-order valence-corrected chi connectivity index (χ1v) is 8.34. The lowest BCUT2D eigenvalue weighted by molar-refractivity contribution is 0.315. The summed E-state index contributed by atoms with van der Waals surface area (Å²) in [6.45, 7) is 5.52. The zero-order valence-corrected chi connectivity index (χ0v) is 12.8. The van der Waals surface area contributed by atoms with Gasteiger partial charge in [0, 0.05) is 25.6 Å². The predicted molar refractivity (Wildman–Crippen MR) is 76.8 cm³/mol. The van der Waals surface area contributed by atoms with Crippen molar-refractivity contribution in [1.82, 2.24) is 9.62 Å². The summed E-state index contributed by atoms with van der Waals surface area (Å²) in [5, 5.41) is 14.7. The van der Waals surface area contributed by atoms with Crippen molar-refractivity contribution in [1.29, 1.82) is 0 Å². The van der Waals surface area contributed by atoms with Gasteiger partial charge in [0.15, 0.2) is 0 Å². The molecular formula is C11H26N4O3S. The van der Waals surface area contributed by atoms with Crippen LogP contribution < -0.4 is 11.1 Å². The third-order valence-corrected chi connectivity index (χ3v) is 4.29. The monoisotopic (exact) mass is 294 g/mol. The molecule has 0 rings (SSSR count). The molecule has 0 aliphatic rings. The van der Waals surface area contributed by atoms with Gasteiger partial charge in [0.2, 0.25) is 10.0 Å². The van der Waals surface area contributed by atoms with Crippen LogP contribution in [0.15, 0.2) is 5.16 Å². The van der Waals surface area contributed by atoms with Crippen LogP contribution in [0.25, 0.3) is 0 Å². The normalized spacial score (nSPS) is 14.8. The van der Waals surface area contributed by atoms with Crippen molar-refractivity contribution < 1.29 is 13.6 Å². The van der Waals surface area contributed by atoms with Crippen LogP contribution in [0.5, 0.6) is 0 Å². The molecule has 0 saturated heterocycles. The molecular weight excluding hydrogens is 268 g/mol. The van der Waals surface area contributed by atoms with E-state index >= 15 is 0 Å². The summed E-state index contributed by atoms with van der Waals surface area (Å²) in [6.07, 6.45) is 3.29. The lowest BCUT2D eigenvalue weighted by Gasteiger charge is -2.19. The molecule has 0 radical (unpaired) electrons. The summed E-state index contributed by atoms with van der Waals surface area (Å²) in [4.78, 5) is 0. The topological polar surface area (TPSA) is 108 Å². The van der Waals surface area contributed by atoms with Crippen LogP contribution in [0.3, 0.4) is 0 Å². The van der Waals surface area contributed by atoms with E-state index in [9.17, 15) is 8.42 Å². The van der Waals surface area contributed by atoms with Gasteiger partial charge in [0.05, 0.1) is 6.26 Å². The van der Waals surface area contributed by atoms with Crippen molar-refractivity contribution in [2.24, 2.45) is 10.9 Å². The molecule has 0 fully saturated rings. The Balaban J connectivity index is 4.01. The summed E-state index contributed by atoms with van der Waals surface area (Å²) < 4.78 is 24.2. The van der Waals surface area contributed by atoms with E-state index in [4.69, 9.17) is 10.9 Å². The molecule has 19 heavy (non-hydrogen) atoms. The van der Waals surface area contributed by atoms with Crippen LogP contribution in [0.4, 0.5) is 0 Å². The molecule has 0 amide bonds. The van der Waals surface area contributed by atoms with Crippen molar-refractivity contribution >= 4 is 15.9 Å². The highest BCUT2D eigenvalue weighted by Crippen LogP contribution is 2.00. The molecule has 1 unspecified atom stereocenters. The van der Waals surface area contributed by atoms with Crippen LogP contribution in [-0.4, -0.2) is 55.7 Å². The average Bonchev–Trinajstić information content (AvgIpc) is 2.35. The van der Waals surface area contributed by atoms with Crippen LogP contribution in [-0.2, 0) is 10.0 Å². The third kappa shape index (κ3) is 8.02. The Kier molecular flexibility index (Phi) is 8.70. The van der Waals surface area contributed by atoms with E-state index in [1.807, 2.05) is 13.8 Å². The van der Waals surface area contributed by atoms with Crippen LogP contribution in [0, 0.1) is 0 Å². The second-order valence-corrected chi connectivity index (χ2v) is 6.45. The van der Waals surface area contributed by atoms with Gasteiger partial charge in [-0.2, -0.15) is 0 Å². The maximum atomic E-state index is 11.4. The molecule has 0 aliphatic carbocycles. The first kappa shape index (κ1) is 18.1. The quantitative estimate of drug-likeness (QED) is 0.175. The Bertz CT molecular complexity index is 370. The van der Waals surface area contributed by atoms with Crippen molar-refractivity contribution in [2.75, 3.05) is 25.9 Å². The van der Waals surface area contributed by atoms with Gasteiger partial charge < -0.3 is 16.3 Å². The lowest BCUT2D eigenvalue weighted by Crippen LogP contribution is -2.36. The minimum atomic E-state index is -3.11. The Labute approximate surface area is 115 Å². The highest BCUT2D eigenvalue weighted by atomic mass is 32.2. The van der Waals surface area contributed by atoms with Crippen molar-refractivity contribution in [2.45, 2.75) is 39.2 Å². The number of rotatable bonds is 10. The van der Waals surface area contributed by atoms with Gasteiger partial charge in [-0.3, -0.25) is 0 Å². The fourth-order valence-corrected chi connectivity index (χ4v) is 2.70.